The Labute approximate surface area is 160 Å². The normalized spacial score (nSPS) is 22.5. The number of methoxy groups -OCH3 is 1. The van der Waals surface area contributed by atoms with Crippen LogP contribution < -0.4 is 5.32 Å². The predicted octanol–water partition coefficient (Wildman–Crippen LogP) is 4.86. The Kier molecular flexibility index (Phi) is 4.36. The number of ether oxygens (including phenoxy) is 1. The number of nitrogens with one attached hydrogen (secondary N) is 1. The Morgan fingerprint density at radius 3 is 2.81 bits per heavy atom. The van der Waals surface area contributed by atoms with E-state index >= 15 is 0 Å². The van der Waals surface area contributed by atoms with Crippen LogP contribution in [0.5, 0.6) is 0 Å². The third kappa shape index (κ3) is 2.77. The number of allylic oxidation sites excluding steroid dienone is 2. The molecule has 1 aliphatic heterocycles. The van der Waals surface area contributed by atoms with Crippen molar-refractivity contribution in [1.29, 1.82) is 0 Å². The Morgan fingerprint density at radius 1 is 1.30 bits per heavy atom. The number of hydrogen-bond acceptors (Lipinski definition) is 5. The quantitative estimate of drug-likeness (QED) is 0.353. The highest BCUT2D eigenvalue weighted by Gasteiger charge is 2.42. The summed E-state index contributed by atoms with van der Waals surface area (Å²) in [5.74, 6) is -0.452. The first-order valence-electron chi connectivity index (χ1n) is 8.60. The van der Waals surface area contributed by atoms with Gasteiger partial charge in [-0.1, -0.05) is 42.0 Å². The van der Waals surface area contributed by atoms with Crippen LogP contribution in [0.25, 0.3) is 0 Å². The van der Waals surface area contributed by atoms with Crippen LogP contribution in [0.2, 0.25) is 5.02 Å². The molecule has 0 unspecified atom stereocenters. The van der Waals surface area contributed by atoms with Crippen molar-refractivity contribution in [3.05, 3.63) is 80.4 Å². The van der Waals surface area contributed by atoms with Crippen LogP contribution in [0, 0.1) is 16.0 Å². The summed E-state index contributed by atoms with van der Waals surface area (Å²) in [6, 6.07) is 9.77. The van der Waals surface area contributed by atoms with Crippen LogP contribution in [0.1, 0.15) is 39.9 Å². The zero-order valence-electron chi connectivity index (χ0n) is 14.5. The van der Waals surface area contributed by atoms with Gasteiger partial charge in [-0.2, -0.15) is 0 Å². The number of para-hydroxylation sites is 1. The number of nitro groups is 1. The maximum Gasteiger partial charge on any atom is 0.338 e. The van der Waals surface area contributed by atoms with Gasteiger partial charge < -0.3 is 10.1 Å². The molecule has 0 bridgehead atoms. The lowest BCUT2D eigenvalue weighted by Gasteiger charge is -2.38. The van der Waals surface area contributed by atoms with E-state index in [9.17, 15) is 14.9 Å². The number of carbonyl (C=O) groups excluding carboxylic acids is 1. The summed E-state index contributed by atoms with van der Waals surface area (Å²) in [6.45, 7) is 0. The van der Waals surface area contributed by atoms with Gasteiger partial charge in [-0.15, -0.1) is 0 Å². The zero-order valence-corrected chi connectivity index (χ0v) is 15.3. The SMILES string of the molecule is COC(=O)c1ccc(Cl)c2c1[C@@H]1C=CC[C@H]1[C@@H](c1ccccc1[N+](=O)[O-])N2. The minimum Gasteiger partial charge on any atom is -0.465 e. The summed E-state index contributed by atoms with van der Waals surface area (Å²) in [4.78, 5) is 23.4. The van der Waals surface area contributed by atoms with Gasteiger partial charge in [-0.25, -0.2) is 4.79 Å². The number of anilines is 1. The third-order valence-electron chi connectivity index (χ3n) is 5.34. The Hall–Kier alpha value is -2.86. The monoisotopic (exact) mass is 384 g/mol. The summed E-state index contributed by atoms with van der Waals surface area (Å²) in [7, 11) is 1.34. The average molecular weight is 385 g/mol. The lowest BCUT2D eigenvalue weighted by molar-refractivity contribution is -0.385. The number of carbonyl (C=O) groups is 1. The van der Waals surface area contributed by atoms with Gasteiger partial charge in [0.15, 0.2) is 0 Å². The molecule has 3 atom stereocenters. The van der Waals surface area contributed by atoms with Crippen molar-refractivity contribution < 1.29 is 14.5 Å². The van der Waals surface area contributed by atoms with Gasteiger partial charge >= 0.3 is 5.97 Å². The Bertz CT molecular complexity index is 972. The van der Waals surface area contributed by atoms with E-state index < -0.39 is 5.97 Å². The Balaban J connectivity index is 1.89. The molecule has 2 aromatic rings. The molecule has 1 aliphatic carbocycles. The molecule has 7 heteroatoms. The van der Waals surface area contributed by atoms with Gasteiger partial charge in [-0.05, 0) is 30.0 Å². The van der Waals surface area contributed by atoms with Crippen molar-refractivity contribution in [3.8, 4) is 0 Å². The summed E-state index contributed by atoms with van der Waals surface area (Å²) < 4.78 is 4.93. The smallest absolute Gasteiger partial charge is 0.338 e. The minimum absolute atomic E-state index is 0.0421. The molecule has 1 N–H and O–H groups in total. The number of rotatable bonds is 3. The average Bonchev–Trinajstić information content (AvgIpc) is 3.17. The molecule has 138 valence electrons. The van der Waals surface area contributed by atoms with Gasteiger partial charge in [0.25, 0.3) is 5.69 Å². The van der Waals surface area contributed by atoms with Gasteiger partial charge in [0.2, 0.25) is 0 Å². The highest BCUT2D eigenvalue weighted by Crippen LogP contribution is 2.53. The molecule has 0 saturated heterocycles. The predicted molar refractivity (Wildman–Crippen MR) is 102 cm³/mol. The zero-order chi connectivity index (χ0) is 19.1. The maximum atomic E-state index is 12.3. The second-order valence-corrected chi connectivity index (χ2v) is 7.07. The number of fused-ring (bicyclic) bond motifs is 3. The van der Waals surface area contributed by atoms with Crippen molar-refractivity contribution in [2.75, 3.05) is 12.4 Å². The molecular weight excluding hydrogens is 368 g/mol. The third-order valence-corrected chi connectivity index (χ3v) is 5.66. The van der Waals surface area contributed by atoms with Gasteiger partial charge in [0, 0.05) is 12.0 Å². The first-order valence-corrected chi connectivity index (χ1v) is 8.98. The lowest BCUT2D eigenvalue weighted by atomic mass is 9.75. The van der Waals surface area contributed by atoms with Crippen molar-refractivity contribution >= 4 is 28.9 Å². The topological polar surface area (TPSA) is 81.5 Å². The number of benzene rings is 2. The van der Waals surface area contributed by atoms with E-state index in [1.165, 1.54) is 13.2 Å². The van der Waals surface area contributed by atoms with Crippen LogP contribution in [0.4, 0.5) is 11.4 Å². The fraction of sp³-hybridized carbons (Fsp3) is 0.250. The van der Waals surface area contributed by atoms with Crippen molar-refractivity contribution in [3.63, 3.8) is 0 Å². The van der Waals surface area contributed by atoms with E-state index in [-0.39, 0.29) is 28.5 Å². The number of hydrogen-bond donors (Lipinski definition) is 1. The fourth-order valence-corrected chi connectivity index (χ4v) is 4.41. The van der Waals surface area contributed by atoms with Crippen LogP contribution in [0.15, 0.2) is 48.6 Å². The van der Waals surface area contributed by atoms with Crippen LogP contribution in [0.3, 0.4) is 0 Å². The molecule has 0 saturated carbocycles. The number of nitro benzene ring substituents is 1. The van der Waals surface area contributed by atoms with Gasteiger partial charge in [0.1, 0.15) is 0 Å². The van der Waals surface area contributed by atoms with Crippen LogP contribution in [-0.4, -0.2) is 18.0 Å². The second kappa shape index (κ2) is 6.70. The lowest BCUT2D eigenvalue weighted by Crippen LogP contribution is -2.31. The Morgan fingerprint density at radius 2 is 2.07 bits per heavy atom. The maximum absolute atomic E-state index is 12.3. The van der Waals surface area contributed by atoms with Crippen molar-refractivity contribution in [2.24, 2.45) is 5.92 Å². The second-order valence-electron chi connectivity index (χ2n) is 6.67. The van der Waals surface area contributed by atoms with E-state index in [0.717, 1.165) is 12.0 Å². The molecular formula is C20H17ClN2O4. The van der Waals surface area contributed by atoms with Crippen molar-refractivity contribution in [1.82, 2.24) is 0 Å². The summed E-state index contributed by atoms with van der Waals surface area (Å²) in [5.41, 5.74) is 2.58. The highest BCUT2D eigenvalue weighted by atomic mass is 35.5. The molecule has 6 nitrogen and oxygen atoms in total. The molecule has 2 aliphatic rings. The molecule has 0 aromatic heterocycles. The molecule has 1 heterocycles. The minimum atomic E-state index is -0.423. The fourth-order valence-electron chi connectivity index (χ4n) is 4.19. The largest absolute Gasteiger partial charge is 0.465 e. The van der Waals surface area contributed by atoms with Crippen LogP contribution in [-0.2, 0) is 4.74 Å². The standard InChI is InChI=1S/C20H17ClN2O4/c1-27-20(24)14-9-10-15(21)19-17(14)11-6-4-7-12(11)18(22-19)13-5-2-3-8-16(13)23(25)26/h2-6,8-12,18,22H,7H2,1H3/t11-,12-,18+/m1/s1. The summed E-state index contributed by atoms with van der Waals surface area (Å²) in [6.07, 6.45) is 4.85. The molecule has 0 spiro atoms. The molecule has 4 rings (SSSR count). The van der Waals surface area contributed by atoms with E-state index in [1.807, 2.05) is 0 Å². The number of esters is 1. The highest BCUT2D eigenvalue weighted by molar-refractivity contribution is 6.33. The van der Waals surface area contributed by atoms with Gasteiger partial charge in [0.05, 0.1) is 39.9 Å². The molecule has 0 fully saturated rings. The van der Waals surface area contributed by atoms with E-state index in [1.54, 1.807) is 30.3 Å². The number of nitrogens with zero attached hydrogens (tertiary/aromatic N) is 1. The molecule has 0 radical (unpaired) electrons. The van der Waals surface area contributed by atoms with Crippen molar-refractivity contribution in [2.45, 2.75) is 18.4 Å². The molecule has 27 heavy (non-hydrogen) atoms. The number of halogens is 1. The van der Waals surface area contributed by atoms with Gasteiger partial charge in [-0.3, -0.25) is 10.1 Å². The summed E-state index contributed by atoms with van der Waals surface area (Å²) >= 11 is 6.43. The van der Waals surface area contributed by atoms with E-state index in [2.05, 4.69) is 17.5 Å². The van der Waals surface area contributed by atoms with E-state index in [4.69, 9.17) is 16.3 Å². The first-order chi connectivity index (χ1) is 13.0. The molecule has 2 aromatic carbocycles. The first kappa shape index (κ1) is 17.5. The molecule has 0 amide bonds. The van der Waals surface area contributed by atoms with E-state index in [0.29, 0.717) is 21.8 Å². The van der Waals surface area contributed by atoms with Crippen LogP contribution >= 0.6 is 11.6 Å². The summed E-state index contributed by atoms with van der Waals surface area (Å²) in [5, 5.41) is 15.4.